The van der Waals surface area contributed by atoms with Crippen LogP contribution in [0.3, 0.4) is 0 Å². The Morgan fingerprint density at radius 2 is 1.72 bits per heavy atom. The molecule has 5 nitrogen and oxygen atoms in total. The molecule has 0 aliphatic heterocycles. The van der Waals surface area contributed by atoms with E-state index < -0.39 is 0 Å². The molecule has 2 aromatic carbocycles. The van der Waals surface area contributed by atoms with Crippen LogP contribution in [-0.4, -0.2) is 30.4 Å². The molecule has 2 amide bonds. The lowest BCUT2D eigenvalue weighted by Gasteiger charge is -2.31. The molecule has 0 unspecified atom stereocenters. The molecule has 0 aromatic heterocycles. The molecule has 4 N–H and O–H groups in total. The predicted octanol–water partition coefficient (Wildman–Crippen LogP) is 2.59. The highest BCUT2D eigenvalue weighted by Gasteiger charge is 2.25. The van der Waals surface area contributed by atoms with E-state index in [0.29, 0.717) is 18.7 Å². The van der Waals surface area contributed by atoms with E-state index in [0.717, 1.165) is 23.6 Å². The van der Waals surface area contributed by atoms with Gasteiger partial charge in [0.2, 0.25) is 5.91 Å². The van der Waals surface area contributed by atoms with Crippen molar-refractivity contribution < 1.29 is 9.59 Å². The summed E-state index contributed by atoms with van der Waals surface area (Å²) in [6, 6.07) is 13.5. The summed E-state index contributed by atoms with van der Waals surface area (Å²) < 4.78 is 0. The van der Waals surface area contributed by atoms with Gasteiger partial charge in [0.1, 0.15) is 0 Å². The van der Waals surface area contributed by atoms with E-state index in [4.69, 9.17) is 5.73 Å². The average Bonchev–Trinajstić information content (AvgIpc) is 2.65. The standard InChI is InChI=1S/C20H27N3O2/c1-3-20(4-2,14-21)23-18(24)11-12-22-19(25)17-10-9-15-7-5-6-8-16(15)13-17/h5-10,13H,3-4,11-12,14,21H2,1-2H3,(H,22,25)(H,23,24). The second kappa shape index (κ2) is 8.62. The number of amides is 2. The van der Waals surface area contributed by atoms with E-state index in [-0.39, 0.29) is 23.8 Å². The fourth-order valence-corrected chi connectivity index (χ4v) is 2.85. The van der Waals surface area contributed by atoms with Crippen LogP contribution >= 0.6 is 0 Å². The molecule has 134 valence electrons. The summed E-state index contributed by atoms with van der Waals surface area (Å²) in [4.78, 5) is 24.4. The lowest BCUT2D eigenvalue weighted by atomic mass is 9.93. The number of carbonyl (C=O) groups is 2. The lowest BCUT2D eigenvalue weighted by molar-refractivity contribution is -0.122. The van der Waals surface area contributed by atoms with E-state index >= 15 is 0 Å². The van der Waals surface area contributed by atoms with Crippen molar-refractivity contribution in [1.29, 1.82) is 0 Å². The van der Waals surface area contributed by atoms with Crippen molar-refractivity contribution in [2.24, 2.45) is 5.73 Å². The molecule has 0 aliphatic rings. The van der Waals surface area contributed by atoms with Crippen molar-refractivity contribution in [3.05, 3.63) is 48.0 Å². The van der Waals surface area contributed by atoms with E-state index in [2.05, 4.69) is 10.6 Å². The smallest absolute Gasteiger partial charge is 0.251 e. The number of hydrogen-bond acceptors (Lipinski definition) is 3. The van der Waals surface area contributed by atoms with Crippen LogP contribution in [0.15, 0.2) is 42.5 Å². The highest BCUT2D eigenvalue weighted by molar-refractivity contribution is 5.98. The van der Waals surface area contributed by atoms with Crippen molar-refractivity contribution in [3.63, 3.8) is 0 Å². The van der Waals surface area contributed by atoms with Crippen molar-refractivity contribution >= 4 is 22.6 Å². The van der Waals surface area contributed by atoms with Gasteiger partial charge in [0.25, 0.3) is 5.91 Å². The van der Waals surface area contributed by atoms with Crippen molar-refractivity contribution in [2.75, 3.05) is 13.1 Å². The number of fused-ring (bicyclic) bond motifs is 1. The van der Waals surface area contributed by atoms with Crippen LogP contribution in [0.1, 0.15) is 43.5 Å². The molecular weight excluding hydrogens is 314 g/mol. The molecular formula is C20H27N3O2. The second-order valence-electron chi connectivity index (χ2n) is 6.31. The number of hydrogen-bond donors (Lipinski definition) is 3. The molecule has 0 saturated heterocycles. The van der Waals surface area contributed by atoms with Gasteiger partial charge in [0.05, 0.1) is 5.54 Å². The molecule has 2 rings (SSSR count). The molecule has 5 heteroatoms. The fraction of sp³-hybridized carbons (Fsp3) is 0.400. The van der Waals surface area contributed by atoms with E-state index in [9.17, 15) is 9.59 Å². The predicted molar refractivity (Wildman–Crippen MR) is 101 cm³/mol. The van der Waals surface area contributed by atoms with Gasteiger partial charge in [-0.2, -0.15) is 0 Å². The number of nitrogens with two attached hydrogens (primary N) is 1. The summed E-state index contributed by atoms with van der Waals surface area (Å²) >= 11 is 0. The summed E-state index contributed by atoms with van der Waals surface area (Å²) in [6.45, 7) is 4.73. The first-order chi connectivity index (χ1) is 12.0. The maximum Gasteiger partial charge on any atom is 0.251 e. The molecule has 0 heterocycles. The molecule has 0 spiro atoms. The largest absolute Gasteiger partial charge is 0.352 e. The minimum Gasteiger partial charge on any atom is -0.352 e. The van der Waals surface area contributed by atoms with Crippen LogP contribution in [0.5, 0.6) is 0 Å². The topological polar surface area (TPSA) is 84.2 Å². The number of rotatable bonds is 8. The molecule has 0 bridgehead atoms. The van der Waals surface area contributed by atoms with Crippen LogP contribution in [-0.2, 0) is 4.79 Å². The molecule has 0 fully saturated rings. The highest BCUT2D eigenvalue weighted by atomic mass is 16.2. The quantitative estimate of drug-likeness (QED) is 0.690. The van der Waals surface area contributed by atoms with Gasteiger partial charge in [-0.15, -0.1) is 0 Å². The first-order valence-corrected chi connectivity index (χ1v) is 8.81. The summed E-state index contributed by atoms with van der Waals surface area (Å²) in [5, 5.41) is 7.92. The Morgan fingerprint density at radius 1 is 1.04 bits per heavy atom. The van der Waals surface area contributed by atoms with Crippen LogP contribution in [0, 0.1) is 0 Å². The van der Waals surface area contributed by atoms with Gasteiger partial charge in [0.15, 0.2) is 0 Å². The first kappa shape index (κ1) is 18.9. The molecule has 0 saturated carbocycles. The molecule has 25 heavy (non-hydrogen) atoms. The molecule has 0 radical (unpaired) electrons. The Bertz CT molecular complexity index is 730. The number of nitrogens with one attached hydrogen (secondary N) is 2. The van der Waals surface area contributed by atoms with E-state index in [1.807, 2.05) is 50.2 Å². The summed E-state index contributed by atoms with van der Waals surface area (Å²) in [7, 11) is 0. The summed E-state index contributed by atoms with van der Waals surface area (Å²) in [5.41, 5.74) is 6.04. The highest BCUT2D eigenvalue weighted by Crippen LogP contribution is 2.16. The van der Waals surface area contributed by atoms with Crippen LogP contribution in [0.2, 0.25) is 0 Å². The van der Waals surface area contributed by atoms with Crippen molar-refractivity contribution in [1.82, 2.24) is 10.6 Å². The zero-order chi connectivity index (χ0) is 18.3. The maximum absolute atomic E-state index is 12.3. The zero-order valence-corrected chi connectivity index (χ0v) is 15.0. The van der Waals surface area contributed by atoms with Gasteiger partial charge >= 0.3 is 0 Å². The number of benzene rings is 2. The summed E-state index contributed by atoms with van der Waals surface area (Å²) in [5.74, 6) is -0.261. The average molecular weight is 341 g/mol. The minimum absolute atomic E-state index is 0.0899. The van der Waals surface area contributed by atoms with Gasteiger partial charge in [-0.1, -0.05) is 44.2 Å². The van der Waals surface area contributed by atoms with E-state index in [1.165, 1.54) is 0 Å². The lowest BCUT2D eigenvalue weighted by Crippen LogP contribution is -2.53. The van der Waals surface area contributed by atoms with Crippen molar-refractivity contribution in [3.8, 4) is 0 Å². The SMILES string of the molecule is CCC(CC)(CN)NC(=O)CCNC(=O)c1ccc2ccccc2c1. The number of carbonyl (C=O) groups excluding carboxylic acids is 2. The Kier molecular flexibility index (Phi) is 6.53. The summed E-state index contributed by atoms with van der Waals surface area (Å²) in [6.07, 6.45) is 1.81. The van der Waals surface area contributed by atoms with Crippen LogP contribution in [0.4, 0.5) is 0 Å². The van der Waals surface area contributed by atoms with Gasteiger partial charge < -0.3 is 16.4 Å². The van der Waals surface area contributed by atoms with Crippen LogP contribution in [0.25, 0.3) is 10.8 Å². The Balaban J connectivity index is 1.88. The van der Waals surface area contributed by atoms with Crippen molar-refractivity contribution in [2.45, 2.75) is 38.6 Å². The maximum atomic E-state index is 12.3. The van der Waals surface area contributed by atoms with Gasteiger partial charge in [-0.3, -0.25) is 9.59 Å². The van der Waals surface area contributed by atoms with Gasteiger partial charge in [-0.05, 0) is 35.7 Å². The Labute approximate surface area is 149 Å². The normalized spacial score (nSPS) is 11.3. The molecule has 0 atom stereocenters. The zero-order valence-electron chi connectivity index (χ0n) is 15.0. The third-order valence-electron chi connectivity index (χ3n) is 4.80. The minimum atomic E-state index is -0.348. The molecule has 0 aliphatic carbocycles. The Morgan fingerprint density at radius 3 is 2.36 bits per heavy atom. The Hall–Kier alpha value is -2.40. The fourth-order valence-electron chi connectivity index (χ4n) is 2.85. The van der Waals surface area contributed by atoms with E-state index in [1.54, 1.807) is 6.07 Å². The van der Waals surface area contributed by atoms with Gasteiger partial charge in [-0.25, -0.2) is 0 Å². The third kappa shape index (κ3) is 4.79. The second-order valence-corrected chi connectivity index (χ2v) is 6.31. The monoisotopic (exact) mass is 341 g/mol. The first-order valence-electron chi connectivity index (χ1n) is 8.81. The molecule has 2 aromatic rings. The third-order valence-corrected chi connectivity index (χ3v) is 4.80. The van der Waals surface area contributed by atoms with Gasteiger partial charge in [0, 0.05) is 25.1 Å². The van der Waals surface area contributed by atoms with Crippen LogP contribution < -0.4 is 16.4 Å².